The fraction of sp³-hybridized carbons (Fsp3) is 0.611. The van der Waals surface area contributed by atoms with Crippen molar-refractivity contribution in [3.63, 3.8) is 0 Å². The molecular formula is C18H28N2O2. The van der Waals surface area contributed by atoms with E-state index in [0.717, 1.165) is 49.2 Å². The van der Waals surface area contributed by atoms with Crippen LogP contribution >= 0.6 is 0 Å². The van der Waals surface area contributed by atoms with E-state index in [4.69, 9.17) is 0 Å². The number of amides is 1. The monoisotopic (exact) mass is 304 g/mol. The number of anilines is 1. The summed E-state index contributed by atoms with van der Waals surface area (Å²) in [5.41, 5.74) is 3.19. The van der Waals surface area contributed by atoms with Gasteiger partial charge < -0.3 is 10.4 Å². The average molecular weight is 304 g/mol. The number of para-hydroxylation sites is 1. The van der Waals surface area contributed by atoms with Gasteiger partial charge in [0.05, 0.1) is 6.54 Å². The van der Waals surface area contributed by atoms with Crippen molar-refractivity contribution in [1.29, 1.82) is 0 Å². The summed E-state index contributed by atoms with van der Waals surface area (Å²) >= 11 is 0. The maximum absolute atomic E-state index is 12.3. The van der Waals surface area contributed by atoms with Crippen LogP contribution in [0.1, 0.15) is 37.3 Å². The minimum Gasteiger partial charge on any atom is -0.396 e. The first-order valence-electron chi connectivity index (χ1n) is 8.19. The van der Waals surface area contributed by atoms with Crippen molar-refractivity contribution in [3.05, 3.63) is 29.3 Å². The van der Waals surface area contributed by atoms with Crippen molar-refractivity contribution < 1.29 is 9.90 Å². The van der Waals surface area contributed by atoms with Gasteiger partial charge in [0.25, 0.3) is 0 Å². The normalized spacial score (nSPS) is 18.2. The molecule has 0 saturated carbocycles. The van der Waals surface area contributed by atoms with Crippen LogP contribution in [0.15, 0.2) is 18.2 Å². The van der Waals surface area contributed by atoms with Crippen LogP contribution in [-0.4, -0.2) is 42.2 Å². The number of aryl methyl sites for hydroxylation is 2. The van der Waals surface area contributed by atoms with Crippen LogP contribution in [0.2, 0.25) is 0 Å². The third-order valence-corrected chi connectivity index (χ3v) is 5.11. The Labute approximate surface area is 133 Å². The van der Waals surface area contributed by atoms with Crippen LogP contribution < -0.4 is 5.32 Å². The van der Waals surface area contributed by atoms with Gasteiger partial charge in [-0.3, -0.25) is 9.69 Å². The van der Waals surface area contributed by atoms with Gasteiger partial charge in [0.15, 0.2) is 0 Å². The lowest BCUT2D eigenvalue weighted by molar-refractivity contribution is -0.118. The summed E-state index contributed by atoms with van der Waals surface area (Å²) in [4.78, 5) is 14.5. The van der Waals surface area contributed by atoms with Crippen molar-refractivity contribution in [1.82, 2.24) is 4.90 Å². The number of piperidine rings is 1. The average Bonchev–Trinajstić information content (AvgIpc) is 2.52. The van der Waals surface area contributed by atoms with Crippen LogP contribution in [0, 0.1) is 19.3 Å². The number of nitrogens with one attached hydrogen (secondary N) is 1. The van der Waals surface area contributed by atoms with Gasteiger partial charge in [-0.1, -0.05) is 25.1 Å². The molecule has 1 aromatic carbocycles. The van der Waals surface area contributed by atoms with E-state index in [1.165, 1.54) is 0 Å². The number of carbonyl (C=O) groups excluding carboxylic acids is 1. The minimum absolute atomic E-state index is 0.0467. The van der Waals surface area contributed by atoms with Crippen LogP contribution in [0.5, 0.6) is 0 Å². The van der Waals surface area contributed by atoms with E-state index in [9.17, 15) is 9.90 Å². The zero-order valence-corrected chi connectivity index (χ0v) is 14.0. The lowest BCUT2D eigenvalue weighted by Crippen LogP contribution is -2.44. The Morgan fingerprint density at radius 3 is 2.36 bits per heavy atom. The van der Waals surface area contributed by atoms with Gasteiger partial charge in [0.1, 0.15) is 0 Å². The maximum atomic E-state index is 12.3. The molecular weight excluding hydrogens is 276 g/mol. The molecule has 1 amide bonds. The van der Waals surface area contributed by atoms with E-state index >= 15 is 0 Å². The zero-order valence-electron chi connectivity index (χ0n) is 14.0. The lowest BCUT2D eigenvalue weighted by Gasteiger charge is -2.40. The molecule has 1 fully saturated rings. The summed E-state index contributed by atoms with van der Waals surface area (Å²) in [5.74, 6) is 0.0467. The number of aliphatic hydroxyl groups is 1. The third-order valence-electron chi connectivity index (χ3n) is 5.11. The number of benzene rings is 1. The minimum atomic E-state index is 0.0467. The second-order valence-electron chi connectivity index (χ2n) is 6.60. The fourth-order valence-corrected chi connectivity index (χ4v) is 3.20. The second-order valence-corrected chi connectivity index (χ2v) is 6.60. The van der Waals surface area contributed by atoms with Crippen LogP contribution in [0.4, 0.5) is 5.69 Å². The predicted octanol–water partition coefficient (Wildman–Crippen LogP) is 2.73. The van der Waals surface area contributed by atoms with E-state index < -0.39 is 0 Å². The Balaban J connectivity index is 1.89. The highest BCUT2D eigenvalue weighted by Crippen LogP contribution is 2.34. The van der Waals surface area contributed by atoms with Crippen molar-refractivity contribution in [2.45, 2.75) is 40.0 Å². The number of hydrogen-bond acceptors (Lipinski definition) is 3. The second kappa shape index (κ2) is 7.25. The highest BCUT2D eigenvalue weighted by molar-refractivity contribution is 5.93. The molecule has 1 aromatic rings. The summed E-state index contributed by atoms with van der Waals surface area (Å²) in [6.45, 7) is 8.62. The number of likely N-dealkylation sites (tertiary alicyclic amines) is 1. The highest BCUT2D eigenvalue weighted by Gasteiger charge is 2.32. The van der Waals surface area contributed by atoms with E-state index in [2.05, 4.69) is 17.1 Å². The zero-order chi connectivity index (χ0) is 16.2. The molecule has 0 bridgehead atoms. The Hall–Kier alpha value is -1.39. The predicted molar refractivity (Wildman–Crippen MR) is 90.0 cm³/mol. The standard InChI is InChI=1S/C18H28N2O2/c1-4-18(13-21)8-10-20(11-9-18)12-16(22)19-17-14(2)6-5-7-15(17)3/h5-7,21H,4,8-13H2,1-3H3,(H,19,22). The molecule has 0 unspecified atom stereocenters. The molecule has 4 heteroatoms. The summed E-state index contributed by atoms with van der Waals surface area (Å²) in [7, 11) is 0. The SMILES string of the molecule is CCC1(CO)CCN(CC(=O)Nc2c(C)cccc2C)CC1. The highest BCUT2D eigenvalue weighted by atomic mass is 16.3. The van der Waals surface area contributed by atoms with Gasteiger partial charge >= 0.3 is 0 Å². The Kier molecular flexibility index (Phi) is 5.59. The summed E-state index contributed by atoms with van der Waals surface area (Å²) in [6, 6.07) is 6.03. The number of rotatable bonds is 5. The first-order chi connectivity index (χ1) is 10.5. The number of carbonyl (C=O) groups is 1. The number of nitrogens with zero attached hydrogens (tertiary/aromatic N) is 1. The lowest BCUT2D eigenvalue weighted by atomic mass is 9.77. The molecule has 0 spiro atoms. The molecule has 22 heavy (non-hydrogen) atoms. The molecule has 0 radical (unpaired) electrons. The van der Waals surface area contributed by atoms with Gasteiger partial charge in [0.2, 0.25) is 5.91 Å². The van der Waals surface area contributed by atoms with Crippen LogP contribution in [0.25, 0.3) is 0 Å². The van der Waals surface area contributed by atoms with E-state index in [1.807, 2.05) is 32.0 Å². The molecule has 1 saturated heterocycles. The number of aliphatic hydroxyl groups excluding tert-OH is 1. The summed E-state index contributed by atoms with van der Waals surface area (Å²) in [5, 5.41) is 12.6. The Bertz CT molecular complexity index is 494. The van der Waals surface area contributed by atoms with Gasteiger partial charge in [-0.25, -0.2) is 0 Å². The van der Waals surface area contributed by atoms with Crippen LogP contribution in [-0.2, 0) is 4.79 Å². The quantitative estimate of drug-likeness (QED) is 0.879. The molecule has 0 aromatic heterocycles. The van der Waals surface area contributed by atoms with E-state index in [1.54, 1.807) is 0 Å². The molecule has 2 N–H and O–H groups in total. The van der Waals surface area contributed by atoms with Crippen LogP contribution in [0.3, 0.4) is 0 Å². The van der Waals surface area contributed by atoms with Crippen molar-refractivity contribution in [2.24, 2.45) is 5.41 Å². The number of hydrogen-bond donors (Lipinski definition) is 2. The van der Waals surface area contributed by atoms with Gasteiger partial charge in [-0.2, -0.15) is 0 Å². The molecule has 4 nitrogen and oxygen atoms in total. The van der Waals surface area contributed by atoms with Gasteiger partial charge in [-0.05, 0) is 62.7 Å². The molecule has 0 aliphatic carbocycles. The van der Waals surface area contributed by atoms with E-state index in [-0.39, 0.29) is 17.9 Å². The van der Waals surface area contributed by atoms with Crippen molar-refractivity contribution in [2.75, 3.05) is 31.6 Å². The molecule has 1 heterocycles. The van der Waals surface area contributed by atoms with Gasteiger partial charge in [-0.15, -0.1) is 0 Å². The fourth-order valence-electron chi connectivity index (χ4n) is 3.20. The Morgan fingerprint density at radius 1 is 1.27 bits per heavy atom. The topological polar surface area (TPSA) is 52.6 Å². The molecule has 1 aliphatic rings. The summed E-state index contributed by atoms with van der Waals surface area (Å²) < 4.78 is 0. The Morgan fingerprint density at radius 2 is 1.86 bits per heavy atom. The van der Waals surface area contributed by atoms with Crippen molar-refractivity contribution in [3.8, 4) is 0 Å². The van der Waals surface area contributed by atoms with E-state index in [0.29, 0.717) is 6.54 Å². The molecule has 2 rings (SSSR count). The summed E-state index contributed by atoms with van der Waals surface area (Å²) in [6.07, 6.45) is 2.94. The van der Waals surface area contributed by atoms with Gasteiger partial charge in [0, 0.05) is 12.3 Å². The molecule has 122 valence electrons. The maximum Gasteiger partial charge on any atom is 0.238 e. The smallest absolute Gasteiger partial charge is 0.238 e. The first kappa shape index (κ1) is 17.0. The van der Waals surface area contributed by atoms with Crippen molar-refractivity contribution >= 4 is 11.6 Å². The molecule has 1 aliphatic heterocycles. The largest absolute Gasteiger partial charge is 0.396 e. The first-order valence-corrected chi connectivity index (χ1v) is 8.19. The third kappa shape index (κ3) is 3.87. The molecule has 0 atom stereocenters.